The minimum Gasteiger partial charge on any atom is -0.358 e. The van der Waals surface area contributed by atoms with Crippen LogP contribution in [0.3, 0.4) is 0 Å². The highest BCUT2D eigenvalue weighted by molar-refractivity contribution is 8.14. The molecule has 0 aromatic carbocycles. The summed E-state index contributed by atoms with van der Waals surface area (Å²) in [6, 6.07) is 0.479. The molecule has 1 fully saturated rings. The van der Waals surface area contributed by atoms with Crippen molar-refractivity contribution < 1.29 is 0 Å². The summed E-state index contributed by atoms with van der Waals surface area (Å²) in [5.74, 6) is 1.13. The number of hydrogen-bond donors (Lipinski definition) is 1. The lowest BCUT2D eigenvalue weighted by atomic mass is 10.1. The molecule has 0 spiro atoms. The van der Waals surface area contributed by atoms with Crippen LogP contribution in [0.1, 0.15) is 40.0 Å². The van der Waals surface area contributed by atoms with E-state index in [4.69, 9.17) is 0 Å². The summed E-state index contributed by atoms with van der Waals surface area (Å²) in [5.41, 5.74) is 4.47. The predicted molar refractivity (Wildman–Crippen MR) is 86.8 cm³/mol. The molecule has 0 aromatic heterocycles. The van der Waals surface area contributed by atoms with Crippen LogP contribution < -0.4 is 5.32 Å². The topological polar surface area (TPSA) is 24.4 Å². The van der Waals surface area contributed by atoms with E-state index in [0.29, 0.717) is 6.04 Å². The molecule has 1 aliphatic heterocycles. The third-order valence-electron chi connectivity index (χ3n) is 3.55. The molecular formula is C16H24N2S. The molecule has 3 aliphatic rings. The van der Waals surface area contributed by atoms with Crippen molar-refractivity contribution in [1.82, 2.24) is 5.32 Å². The van der Waals surface area contributed by atoms with Crippen LogP contribution >= 0.6 is 11.8 Å². The molecule has 0 amide bonds. The van der Waals surface area contributed by atoms with Gasteiger partial charge in [0.1, 0.15) is 0 Å². The molecule has 1 heterocycles. The van der Waals surface area contributed by atoms with E-state index in [-0.39, 0.29) is 0 Å². The number of hydrogen-bond acceptors (Lipinski definition) is 3. The molecule has 2 aliphatic carbocycles. The van der Waals surface area contributed by atoms with Crippen molar-refractivity contribution in [2.45, 2.75) is 46.1 Å². The van der Waals surface area contributed by atoms with Gasteiger partial charge in [-0.05, 0) is 37.3 Å². The smallest absolute Gasteiger partial charge is 0.157 e. The first-order valence-electron chi connectivity index (χ1n) is 7.33. The van der Waals surface area contributed by atoms with Crippen LogP contribution in [0.15, 0.2) is 39.9 Å². The van der Waals surface area contributed by atoms with E-state index in [0.717, 1.165) is 23.9 Å². The Morgan fingerprint density at radius 3 is 2.89 bits per heavy atom. The highest BCUT2D eigenvalue weighted by atomic mass is 32.2. The molecular weight excluding hydrogens is 252 g/mol. The van der Waals surface area contributed by atoms with E-state index in [2.05, 4.69) is 35.5 Å². The Morgan fingerprint density at radius 1 is 1.32 bits per heavy atom. The number of nitrogens with zero attached hydrogens (tertiary/aromatic N) is 1. The van der Waals surface area contributed by atoms with E-state index in [1.807, 2.05) is 25.6 Å². The van der Waals surface area contributed by atoms with E-state index < -0.39 is 0 Å². The number of rotatable bonds is 1. The largest absolute Gasteiger partial charge is 0.358 e. The molecule has 0 bridgehead atoms. The SMILES string of the molecule is CC.CC1=CC=C2C(=CC1)CCC2NC1=NCCS1. The first-order valence-corrected chi connectivity index (χ1v) is 8.32. The van der Waals surface area contributed by atoms with Crippen LogP contribution in [0, 0.1) is 0 Å². The lowest BCUT2D eigenvalue weighted by molar-refractivity contribution is 0.706. The summed E-state index contributed by atoms with van der Waals surface area (Å²) >= 11 is 1.85. The number of nitrogens with one attached hydrogen (secondary N) is 1. The van der Waals surface area contributed by atoms with Gasteiger partial charge in [-0.2, -0.15) is 0 Å². The molecule has 1 saturated carbocycles. The van der Waals surface area contributed by atoms with E-state index >= 15 is 0 Å². The molecule has 0 saturated heterocycles. The summed E-state index contributed by atoms with van der Waals surface area (Å²) in [6.45, 7) is 7.18. The van der Waals surface area contributed by atoms with Gasteiger partial charge in [-0.1, -0.05) is 49.4 Å². The predicted octanol–water partition coefficient (Wildman–Crippen LogP) is 4.07. The van der Waals surface area contributed by atoms with Crippen LogP contribution in [0.4, 0.5) is 0 Å². The number of amidine groups is 1. The Kier molecular flexibility index (Phi) is 5.32. The molecule has 1 atom stereocenters. The zero-order valence-electron chi connectivity index (χ0n) is 12.2. The van der Waals surface area contributed by atoms with Crippen molar-refractivity contribution in [2.24, 2.45) is 4.99 Å². The Morgan fingerprint density at radius 2 is 2.16 bits per heavy atom. The quantitative estimate of drug-likeness (QED) is 0.780. The van der Waals surface area contributed by atoms with Crippen LogP contribution in [-0.4, -0.2) is 23.5 Å². The first kappa shape index (κ1) is 14.4. The van der Waals surface area contributed by atoms with E-state index in [1.165, 1.54) is 24.0 Å². The highest BCUT2D eigenvalue weighted by Gasteiger charge is 2.26. The van der Waals surface area contributed by atoms with Gasteiger partial charge in [0.15, 0.2) is 5.17 Å². The fourth-order valence-corrected chi connectivity index (χ4v) is 3.36. The Labute approximate surface area is 121 Å². The summed E-state index contributed by atoms with van der Waals surface area (Å²) in [7, 11) is 0. The molecule has 19 heavy (non-hydrogen) atoms. The highest BCUT2D eigenvalue weighted by Crippen LogP contribution is 2.34. The molecule has 1 unspecified atom stereocenters. The van der Waals surface area contributed by atoms with Crippen molar-refractivity contribution >= 4 is 16.9 Å². The lowest BCUT2D eigenvalue weighted by Gasteiger charge is -2.15. The second-order valence-corrected chi connectivity index (χ2v) is 5.92. The van der Waals surface area contributed by atoms with Crippen molar-refractivity contribution in [3.8, 4) is 0 Å². The maximum Gasteiger partial charge on any atom is 0.157 e. The summed E-state index contributed by atoms with van der Waals surface area (Å²) < 4.78 is 0. The van der Waals surface area contributed by atoms with Gasteiger partial charge in [0, 0.05) is 5.75 Å². The Hall–Kier alpha value is -0.960. The van der Waals surface area contributed by atoms with Gasteiger partial charge >= 0.3 is 0 Å². The van der Waals surface area contributed by atoms with Gasteiger partial charge in [-0.15, -0.1) is 0 Å². The minimum absolute atomic E-state index is 0.479. The molecule has 0 radical (unpaired) electrons. The Bertz CT molecular complexity index is 444. The molecule has 3 rings (SSSR count). The third-order valence-corrected chi connectivity index (χ3v) is 4.46. The first-order chi connectivity index (χ1) is 9.33. The monoisotopic (exact) mass is 276 g/mol. The maximum absolute atomic E-state index is 4.48. The zero-order valence-corrected chi connectivity index (χ0v) is 13.0. The van der Waals surface area contributed by atoms with Crippen LogP contribution in [-0.2, 0) is 0 Å². The van der Waals surface area contributed by atoms with Crippen molar-refractivity contribution in [1.29, 1.82) is 0 Å². The van der Waals surface area contributed by atoms with E-state index in [9.17, 15) is 0 Å². The molecule has 104 valence electrons. The number of allylic oxidation sites excluding steroid dienone is 4. The van der Waals surface area contributed by atoms with Gasteiger partial charge in [0.25, 0.3) is 0 Å². The Balaban J connectivity index is 0.000000637. The summed E-state index contributed by atoms with van der Waals surface area (Å²) in [4.78, 5) is 4.48. The van der Waals surface area contributed by atoms with Crippen molar-refractivity contribution in [2.75, 3.05) is 12.3 Å². The summed E-state index contributed by atoms with van der Waals surface area (Å²) in [6.07, 6.45) is 10.5. The fourth-order valence-electron chi connectivity index (χ4n) is 2.57. The molecule has 3 heteroatoms. The van der Waals surface area contributed by atoms with Gasteiger partial charge in [0.05, 0.1) is 12.6 Å². The molecule has 1 N–H and O–H groups in total. The second kappa shape index (κ2) is 6.99. The van der Waals surface area contributed by atoms with Gasteiger partial charge in [0.2, 0.25) is 0 Å². The standard InChI is InChI=1S/C14H18N2S.C2H6/c1-10-2-4-11-5-7-13(12(11)6-3-10)16-14-15-8-9-17-14;1-2/h3-4,6,13H,2,5,7-9H2,1H3,(H,15,16);1-2H3. The average molecular weight is 276 g/mol. The third kappa shape index (κ3) is 3.53. The minimum atomic E-state index is 0.479. The summed E-state index contributed by atoms with van der Waals surface area (Å²) in [5, 5.41) is 4.74. The van der Waals surface area contributed by atoms with Crippen molar-refractivity contribution in [3.63, 3.8) is 0 Å². The van der Waals surface area contributed by atoms with Crippen LogP contribution in [0.25, 0.3) is 0 Å². The van der Waals surface area contributed by atoms with Gasteiger partial charge in [-0.3, -0.25) is 4.99 Å². The van der Waals surface area contributed by atoms with Crippen LogP contribution in [0.5, 0.6) is 0 Å². The van der Waals surface area contributed by atoms with Crippen LogP contribution in [0.2, 0.25) is 0 Å². The maximum atomic E-state index is 4.48. The second-order valence-electron chi connectivity index (χ2n) is 4.84. The number of fused-ring (bicyclic) bond motifs is 1. The number of aliphatic imine (C=N–C) groups is 1. The normalized spacial score (nSPS) is 25.1. The van der Waals surface area contributed by atoms with Gasteiger partial charge < -0.3 is 5.32 Å². The van der Waals surface area contributed by atoms with E-state index in [1.54, 1.807) is 5.57 Å². The fraction of sp³-hybridized carbons (Fsp3) is 0.562. The average Bonchev–Trinajstić information content (AvgIpc) is 3.03. The van der Waals surface area contributed by atoms with Crippen molar-refractivity contribution in [3.05, 3.63) is 34.9 Å². The molecule has 0 aromatic rings. The zero-order chi connectivity index (χ0) is 13.7. The number of thioether (sulfide) groups is 1. The molecule has 2 nitrogen and oxygen atoms in total. The lowest BCUT2D eigenvalue weighted by Crippen LogP contribution is -2.31. The van der Waals surface area contributed by atoms with Gasteiger partial charge in [-0.25, -0.2) is 0 Å².